The number of nitrogens with zero attached hydrogens (tertiary/aromatic N) is 5. The summed E-state index contributed by atoms with van der Waals surface area (Å²) in [5.74, 6) is -0.221. The summed E-state index contributed by atoms with van der Waals surface area (Å²) >= 11 is 2.91. The summed E-state index contributed by atoms with van der Waals surface area (Å²) in [4.78, 5) is 13.9. The first kappa shape index (κ1) is 17.9. The highest BCUT2D eigenvalue weighted by Crippen LogP contribution is 2.34. The Hall–Kier alpha value is -2.52. The van der Waals surface area contributed by atoms with E-state index >= 15 is 0 Å². The van der Waals surface area contributed by atoms with Crippen LogP contribution in [0.2, 0.25) is 0 Å². The van der Waals surface area contributed by atoms with E-state index in [1.54, 1.807) is 34.4 Å². The molecule has 138 valence electrons. The van der Waals surface area contributed by atoms with E-state index in [-0.39, 0.29) is 23.5 Å². The van der Waals surface area contributed by atoms with Crippen LogP contribution in [0.1, 0.15) is 22.9 Å². The molecule has 0 aliphatic carbocycles. The maximum Gasteiger partial charge on any atom is 0.253 e. The normalized spacial score (nSPS) is 16.6. The number of aromatic nitrogens is 3. The minimum absolute atomic E-state index is 0.121. The molecule has 0 fully saturated rings. The van der Waals surface area contributed by atoms with Gasteiger partial charge >= 0.3 is 0 Å². The molecule has 0 bridgehead atoms. The maximum absolute atomic E-state index is 13.3. The highest BCUT2D eigenvalue weighted by molar-refractivity contribution is 7.99. The molecule has 0 saturated heterocycles. The van der Waals surface area contributed by atoms with Crippen molar-refractivity contribution in [2.75, 3.05) is 5.75 Å². The first-order valence-electron chi connectivity index (χ1n) is 8.27. The van der Waals surface area contributed by atoms with Gasteiger partial charge in [0.2, 0.25) is 0 Å². The number of benzene rings is 1. The minimum atomic E-state index is -0.299. The minimum Gasteiger partial charge on any atom is -0.312 e. The number of thiophene rings is 1. The molecule has 4 rings (SSSR count). The topological polar surface area (TPSA) is 63.4 Å². The number of carbonyl (C=O) groups excluding carboxylic acids is 1. The van der Waals surface area contributed by atoms with Gasteiger partial charge in [0, 0.05) is 13.5 Å². The average molecular weight is 401 g/mol. The van der Waals surface area contributed by atoms with Crippen molar-refractivity contribution in [1.82, 2.24) is 19.8 Å². The van der Waals surface area contributed by atoms with Gasteiger partial charge in [0.1, 0.15) is 12.1 Å². The Bertz CT molecular complexity index is 968. The van der Waals surface area contributed by atoms with E-state index in [2.05, 4.69) is 15.3 Å². The summed E-state index contributed by atoms with van der Waals surface area (Å²) in [6, 6.07) is 9.96. The lowest BCUT2D eigenvalue weighted by atomic mass is 10.0. The summed E-state index contributed by atoms with van der Waals surface area (Å²) in [7, 11) is 1.83. The van der Waals surface area contributed by atoms with Crippen LogP contribution in [0.3, 0.4) is 0 Å². The van der Waals surface area contributed by atoms with Gasteiger partial charge in [0.05, 0.1) is 22.4 Å². The van der Waals surface area contributed by atoms with Crippen LogP contribution in [0, 0.1) is 5.82 Å². The molecule has 1 aromatic carbocycles. The maximum atomic E-state index is 13.3. The zero-order chi connectivity index (χ0) is 18.8. The Balaban J connectivity index is 1.57. The van der Waals surface area contributed by atoms with Crippen LogP contribution in [0.5, 0.6) is 0 Å². The van der Waals surface area contributed by atoms with Crippen molar-refractivity contribution in [1.29, 1.82) is 0 Å². The number of rotatable bonds is 5. The molecule has 1 atom stereocenters. The highest BCUT2D eigenvalue weighted by atomic mass is 32.2. The summed E-state index contributed by atoms with van der Waals surface area (Å²) in [6.07, 6.45) is 2.20. The third-order valence-electron chi connectivity index (χ3n) is 4.22. The van der Waals surface area contributed by atoms with Gasteiger partial charge in [-0.15, -0.1) is 21.5 Å². The van der Waals surface area contributed by atoms with Crippen LogP contribution in [0.4, 0.5) is 4.39 Å². The molecule has 0 radical (unpaired) electrons. The quantitative estimate of drug-likeness (QED) is 0.614. The number of hydrogen-bond acceptors (Lipinski definition) is 6. The van der Waals surface area contributed by atoms with Crippen molar-refractivity contribution in [3.05, 3.63) is 64.4 Å². The number of carbonyl (C=O) groups is 1. The molecule has 0 spiro atoms. The number of hydrazone groups is 1. The Labute approximate surface area is 163 Å². The van der Waals surface area contributed by atoms with Crippen molar-refractivity contribution in [2.24, 2.45) is 12.1 Å². The smallest absolute Gasteiger partial charge is 0.253 e. The lowest BCUT2D eigenvalue weighted by molar-refractivity contribution is -0.130. The largest absolute Gasteiger partial charge is 0.312 e. The Morgan fingerprint density at radius 3 is 2.81 bits per heavy atom. The van der Waals surface area contributed by atoms with Crippen LogP contribution >= 0.6 is 23.1 Å². The number of amides is 1. The molecular weight excluding hydrogens is 385 g/mol. The summed E-state index contributed by atoms with van der Waals surface area (Å²) in [5, 5.41) is 16.6. The molecule has 3 heterocycles. The fourth-order valence-corrected chi connectivity index (χ4v) is 4.33. The zero-order valence-electron chi connectivity index (χ0n) is 14.4. The van der Waals surface area contributed by atoms with Gasteiger partial charge in [0.15, 0.2) is 5.16 Å². The second kappa shape index (κ2) is 7.61. The molecule has 1 aliphatic heterocycles. The summed E-state index contributed by atoms with van der Waals surface area (Å²) in [6.45, 7) is 0. The van der Waals surface area contributed by atoms with Crippen LogP contribution in [-0.2, 0) is 11.8 Å². The van der Waals surface area contributed by atoms with Gasteiger partial charge in [0.25, 0.3) is 5.91 Å². The van der Waals surface area contributed by atoms with Gasteiger partial charge in [-0.3, -0.25) is 4.79 Å². The average Bonchev–Trinajstić information content (AvgIpc) is 3.41. The Kier molecular flexibility index (Phi) is 5.04. The van der Waals surface area contributed by atoms with Gasteiger partial charge in [-0.1, -0.05) is 30.0 Å². The van der Waals surface area contributed by atoms with Gasteiger partial charge in [-0.2, -0.15) is 5.10 Å². The van der Waals surface area contributed by atoms with Crippen LogP contribution in [0.25, 0.3) is 0 Å². The molecule has 0 saturated carbocycles. The molecular formula is C18H16FN5OS2. The lowest BCUT2D eigenvalue weighted by Gasteiger charge is -2.21. The molecule has 0 N–H and O–H groups in total. The van der Waals surface area contributed by atoms with Crippen molar-refractivity contribution in [3.8, 4) is 0 Å². The molecule has 27 heavy (non-hydrogen) atoms. The van der Waals surface area contributed by atoms with Crippen LogP contribution in [0.15, 0.2) is 58.4 Å². The van der Waals surface area contributed by atoms with E-state index < -0.39 is 0 Å². The second-order valence-corrected chi connectivity index (χ2v) is 7.94. The fourth-order valence-electron chi connectivity index (χ4n) is 2.87. The molecule has 9 heteroatoms. The summed E-state index contributed by atoms with van der Waals surface area (Å²) in [5.41, 5.74) is 1.74. The fraction of sp³-hybridized carbons (Fsp3) is 0.222. The monoisotopic (exact) mass is 401 g/mol. The van der Waals surface area contributed by atoms with Crippen molar-refractivity contribution < 1.29 is 9.18 Å². The molecule has 3 aromatic rings. The molecule has 6 nitrogen and oxygen atoms in total. The lowest BCUT2D eigenvalue weighted by Crippen LogP contribution is -2.28. The Morgan fingerprint density at radius 2 is 2.15 bits per heavy atom. The van der Waals surface area contributed by atoms with Gasteiger partial charge < -0.3 is 4.57 Å². The number of halogens is 1. The van der Waals surface area contributed by atoms with E-state index in [4.69, 9.17) is 0 Å². The molecule has 2 aromatic heterocycles. The molecule has 1 aliphatic rings. The van der Waals surface area contributed by atoms with E-state index in [0.29, 0.717) is 11.6 Å². The van der Waals surface area contributed by atoms with Crippen LogP contribution < -0.4 is 0 Å². The third kappa shape index (κ3) is 3.79. The SMILES string of the molecule is Cn1cnnc1SCC(=O)N1N=C(c2cccs2)C[C@H]1c1ccc(F)cc1. The summed E-state index contributed by atoms with van der Waals surface area (Å²) < 4.78 is 15.1. The number of thioether (sulfide) groups is 1. The van der Waals surface area contributed by atoms with Gasteiger partial charge in [-0.25, -0.2) is 9.40 Å². The van der Waals surface area contributed by atoms with Crippen molar-refractivity contribution in [2.45, 2.75) is 17.6 Å². The van der Waals surface area contributed by atoms with E-state index in [1.807, 2.05) is 24.6 Å². The molecule has 1 amide bonds. The standard InChI is InChI=1S/C18H16FN5OS2/c1-23-11-20-21-18(23)27-10-17(25)24-15(12-4-6-13(19)7-5-12)9-14(22-24)16-3-2-8-26-16/h2-8,11,15H,9-10H2,1H3/t15-/m0/s1. The number of hydrogen-bond donors (Lipinski definition) is 0. The van der Waals surface area contributed by atoms with E-state index in [0.717, 1.165) is 16.2 Å². The Morgan fingerprint density at radius 1 is 1.33 bits per heavy atom. The van der Waals surface area contributed by atoms with E-state index in [9.17, 15) is 9.18 Å². The first-order valence-corrected chi connectivity index (χ1v) is 10.1. The molecule has 0 unspecified atom stereocenters. The van der Waals surface area contributed by atoms with E-state index in [1.165, 1.54) is 28.9 Å². The van der Waals surface area contributed by atoms with Gasteiger partial charge in [-0.05, 0) is 29.1 Å². The van der Waals surface area contributed by atoms with Crippen molar-refractivity contribution >= 4 is 34.7 Å². The predicted octanol–water partition coefficient (Wildman–Crippen LogP) is 3.49. The first-order chi connectivity index (χ1) is 13.1. The predicted molar refractivity (Wildman–Crippen MR) is 103 cm³/mol. The highest BCUT2D eigenvalue weighted by Gasteiger charge is 2.33. The van der Waals surface area contributed by atoms with Crippen molar-refractivity contribution in [3.63, 3.8) is 0 Å². The third-order valence-corrected chi connectivity index (χ3v) is 6.16. The number of aryl methyl sites for hydroxylation is 1. The second-order valence-electron chi connectivity index (χ2n) is 6.05. The zero-order valence-corrected chi connectivity index (χ0v) is 16.1. The van der Waals surface area contributed by atoms with Crippen LogP contribution in [-0.4, -0.2) is 37.1 Å².